The quantitative estimate of drug-likeness (QED) is 0.843. The lowest BCUT2D eigenvalue weighted by molar-refractivity contribution is -0.0758. The molecule has 0 spiro atoms. The molecule has 1 aromatic rings. The van der Waals surface area contributed by atoms with Crippen molar-refractivity contribution in [1.29, 1.82) is 0 Å². The fraction of sp³-hybridized carbons (Fsp3) is 0.647. The lowest BCUT2D eigenvalue weighted by Crippen LogP contribution is -2.37. The van der Waals surface area contributed by atoms with Crippen LogP contribution in [0.2, 0.25) is 0 Å². The van der Waals surface area contributed by atoms with Crippen LogP contribution < -0.4 is 0 Å². The molecule has 0 amide bonds. The Bertz CT molecular complexity index is 403. The fourth-order valence-electron chi connectivity index (χ4n) is 3.17. The summed E-state index contributed by atoms with van der Waals surface area (Å²) in [5, 5.41) is 0. The molecule has 0 N–H and O–H groups in total. The Kier molecular flexibility index (Phi) is 4.71. The molecular formula is C17H25NO2. The molecule has 2 aliphatic heterocycles. The molecule has 3 unspecified atom stereocenters. The normalized spacial score (nSPS) is 29.4. The number of benzene rings is 1. The van der Waals surface area contributed by atoms with Crippen LogP contribution in [0.1, 0.15) is 37.7 Å². The van der Waals surface area contributed by atoms with E-state index in [-0.39, 0.29) is 12.4 Å². The van der Waals surface area contributed by atoms with Gasteiger partial charge in [0, 0.05) is 12.5 Å². The Morgan fingerprint density at radius 1 is 1.15 bits per heavy atom. The van der Waals surface area contributed by atoms with Crippen LogP contribution in [0.25, 0.3) is 0 Å². The van der Waals surface area contributed by atoms with Gasteiger partial charge in [0.15, 0.2) is 6.29 Å². The van der Waals surface area contributed by atoms with E-state index in [1.54, 1.807) is 0 Å². The fourth-order valence-corrected chi connectivity index (χ4v) is 3.17. The highest BCUT2D eigenvalue weighted by molar-refractivity contribution is 5.19. The van der Waals surface area contributed by atoms with Gasteiger partial charge in [-0.15, -0.1) is 0 Å². The summed E-state index contributed by atoms with van der Waals surface area (Å²) >= 11 is 0. The summed E-state index contributed by atoms with van der Waals surface area (Å²) < 4.78 is 12.0. The molecule has 3 rings (SSSR count). The van der Waals surface area contributed by atoms with Gasteiger partial charge in [-0.3, -0.25) is 0 Å². The zero-order chi connectivity index (χ0) is 13.8. The molecule has 0 saturated carbocycles. The first-order valence-corrected chi connectivity index (χ1v) is 7.87. The standard InChI is InChI=1S/C17H25NO2/c1-14(15-8-4-2-5-9-15)17-19-13-16(20-17)12-18-10-6-3-7-11-18/h2,4-5,8-9,14,16-17H,3,6-7,10-13H2,1H3. The third-order valence-corrected chi connectivity index (χ3v) is 4.42. The van der Waals surface area contributed by atoms with Gasteiger partial charge in [-0.25, -0.2) is 0 Å². The van der Waals surface area contributed by atoms with Crippen LogP contribution in [-0.2, 0) is 9.47 Å². The molecule has 2 fully saturated rings. The molecule has 20 heavy (non-hydrogen) atoms. The summed E-state index contributed by atoms with van der Waals surface area (Å²) in [6, 6.07) is 10.5. The molecule has 1 aromatic carbocycles. The topological polar surface area (TPSA) is 21.7 Å². The molecule has 3 heteroatoms. The summed E-state index contributed by atoms with van der Waals surface area (Å²) in [5.74, 6) is 0.294. The Labute approximate surface area is 121 Å². The first kappa shape index (κ1) is 14.1. The number of ether oxygens (including phenoxy) is 2. The maximum Gasteiger partial charge on any atom is 0.164 e. The highest BCUT2D eigenvalue weighted by Crippen LogP contribution is 2.27. The maximum atomic E-state index is 6.12. The van der Waals surface area contributed by atoms with Crippen molar-refractivity contribution in [1.82, 2.24) is 4.90 Å². The molecule has 0 aromatic heterocycles. The number of nitrogens with zero attached hydrogens (tertiary/aromatic N) is 1. The summed E-state index contributed by atoms with van der Waals surface area (Å²) in [4.78, 5) is 2.52. The first-order chi connectivity index (χ1) is 9.83. The number of piperidine rings is 1. The monoisotopic (exact) mass is 275 g/mol. The molecule has 3 atom stereocenters. The van der Waals surface area contributed by atoms with Gasteiger partial charge in [0.25, 0.3) is 0 Å². The van der Waals surface area contributed by atoms with E-state index in [2.05, 4.69) is 36.1 Å². The minimum absolute atomic E-state index is 0.0906. The largest absolute Gasteiger partial charge is 0.349 e. The molecule has 0 aliphatic carbocycles. The van der Waals surface area contributed by atoms with Gasteiger partial charge < -0.3 is 14.4 Å². The number of hydrogen-bond donors (Lipinski definition) is 0. The van der Waals surface area contributed by atoms with Crippen molar-refractivity contribution in [3.05, 3.63) is 35.9 Å². The van der Waals surface area contributed by atoms with E-state index >= 15 is 0 Å². The van der Waals surface area contributed by atoms with Crippen molar-refractivity contribution in [2.45, 2.75) is 44.5 Å². The highest BCUT2D eigenvalue weighted by Gasteiger charge is 2.32. The summed E-state index contributed by atoms with van der Waals surface area (Å²) in [6.07, 6.45) is 4.19. The molecule has 0 bridgehead atoms. The van der Waals surface area contributed by atoms with Crippen LogP contribution in [0.5, 0.6) is 0 Å². The lowest BCUT2D eigenvalue weighted by atomic mass is 10.0. The van der Waals surface area contributed by atoms with Crippen molar-refractivity contribution in [2.75, 3.05) is 26.2 Å². The van der Waals surface area contributed by atoms with E-state index in [0.717, 1.165) is 13.2 Å². The zero-order valence-corrected chi connectivity index (χ0v) is 12.3. The average molecular weight is 275 g/mol. The lowest BCUT2D eigenvalue weighted by Gasteiger charge is -2.28. The smallest absolute Gasteiger partial charge is 0.164 e. The van der Waals surface area contributed by atoms with Gasteiger partial charge in [0.05, 0.1) is 12.7 Å². The van der Waals surface area contributed by atoms with Crippen molar-refractivity contribution < 1.29 is 9.47 Å². The van der Waals surface area contributed by atoms with E-state index in [9.17, 15) is 0 Å². The number of likely N-dealkylation sites (tertiary alicyclic amines) is 1. The predicted molar refractivity (Wildman–Crippen MR) is 79.8 cm³/mol. The predicted octanol–water partition coefficient (Wildman–Crippen LogP) is 3.02. The van der Waals surface area contributed by atoms with Crippen molar-refractivity contribution in [3.63, 3.8) is 0 Å². The average Bonchev–Trinajstić information content (AvgIpc) is 2.97. The van der Waals surface area contributed by atoms with Gasteiger partial charge in [-0.05, 0) is 31.5 Å². The van der Waals surface area contributed by atoms with E-state index in [0.29, 0.717) is 5.92 Å². The number of hydrogen-bond acceptors (Lipinski definition) is 3. The maximum absolute atomic E-state index is 6.12. The van der Waals surface area contributed by atoms with Crippen LogP contribution in [-0.4, -0.2) is 43.5 Å². The Hall–Kier alpha value is -0.900. The Morgan fingerprint density at radius 2 is 1.90 bits per heavy atom. The van der Waals surface area contributed by atoms with Gasteiger partial charge in [-0.1, -0.05) is 43.7 Å². The molecule has 2 saturated heterocycles. The third kappa shape index (κ3) is 3.40. The molecule has 2 aliphatic rings. The Balaban J connectivity index is 1.51. The van der Waals surface area contributed by atoms with Gasteiger partial charge >= 0.3 is 0 Å². The molecule has 3 nitrogen and oxygen atoms in total. The van der Waals surface area contributed by atoms with Crippen LogP contribution >= 0.6 is 0 Å². The Morgan fingerprint density at radius 3 is 2.65 bits per heavy atom. The highest BCUT2D eigenvalue weighted by atomic mass is 16.7. The zero-order valence-electron chi connectivity index (χ0n) is 12.3. The second-order valence-electron chi connectivity index (χ2n) is 6.02. The summed E-state index contributed by atoms with van der Waals surface area (Å²) in [5.41, 5.74) is 1.29. The molecule has 110 valence electrons. The third-order valence-electron chi connectivity index (χ3n) is 4.42. The van der Waals surface area contributed by atoms with Crippen LogP contribution in [0, 0.1) is 0 Å². The summed E-state index contributed by atoms with van der Waals surface area (Å²) in [6.45, 7) is 6.39. The van der Waals surface area contributed by atoms with Gasteiger partial charge in [0.1, 0.15) is 0 Å². The van der Waals surface area contributed by atoms with Crippen molar-refractivity contribution >= 4 is 0 Å². The molecule has 2 heterocycles. The second-order valence-corrected chi connectivity index (χ2v) is 6.02. The van der Waals surface area contributed by atoms with Gasteiger partial charge in [0.2, 0.25) is 0 Å². The van der Waals surface area contributed by atoms with Crippen LogP contribution in [0.4, 0.5) is 0 Å². The minimum atomic E-state index is -0.0906. The minimum Gasteiger partial charge on any atom is -0.349 e. The van der Waals surface area contributed by atoms with Gasteiger partial charge in [-0.2, -0.15) is 0 Å². The first-order valence-electron chi connectivity index (χ1n) is 7.87. The number of rotatable bonds is 4. The van der Waals surface area contributed by atoms with E-state index in [1.165, 1.54) is 37.9 Å². The van der Waals surface area contributed by atoms with Crippen molar-refractivity contribution in [3.8, 4) is 0 Å². The van der Waals surface area contributed by atoms with E-state index in [4.69, 9.17) is 9.47 Å². The second kappa shape index (κ2) is 6.70. The molecule has 0 radical (unpaired) electrons. The SMILES string of the molecule is CC(c1ccccc1)C1OCC(CN2CCCCC2)O1. The van der Waals surface area contributed by atoms with Crippen molar-refractivity contribution in [2.24, 2.45) is 0 Å². The summed E-state index contributed by atoms with van der Waals surface area (Å²) in [7, 11) is 0. The van der Waals surface area contributed by atoms with E-state index in [1.807, 2.05) is 6.07 Å². The molecular weight excluding hydrogens is 250 g/mol. The van der Waals surface area contributed by atoms with Crippen LogP contribution in [0.15, 0.2) is 30.3 Å². The van der Waals surface area contributed by atoms with E-state index < -0.39 is 0 Å². The van der Waals surface area contributed by atoms with Crippen LogP contribution in [0.3, 0.4) is 0 Å².